The van der Waals surface area contributed by atoms with E-state index in [-0.39, 0.29) is 29.3 Å². The molecule has 0 radical (unpaired) electrons. The highest BCUT2D eigenvalue weighted by Crippen LogP contribution is 2.26. The normalized spacial score (nSPS) is 20.7. The third kappa shape index (κ3) is 4.36. The Morgan fingerprint density at radius 3 is 2.71 bits per heavy atom. The number of benzene rings is 1. The summed E-state index contributed by atoms with van der Waals surface area (Å²) in [7, 11) is -3.55. The minimum absolute atomic E-state index is 0. The summed E-state index contributed by atoms with van der Waals surface area (Å²) in [6, 6.07) is 9.75. The monoisotopic (exact) mass is 370 g/mol. The van der Waals surface area contributed by atoms with E-state index < -0.39 is 10.0 Å². The van der Waals surface area contributed by atoms with Crippen molar-refractivity contribution in [3.05, 3.63) is 48.3 Å². The van der Waals surface area contributed by atoms with Crippen LogP contribution in [0.25, 0.3) is 0 Å². The van der Waals surface area contributed by atoms with Crippen molar-refractivity contribution in [2.45, 2.75) is 36.7 Å². The first-order valence-corrected chi connectivity index (χ1v) is 9.35. The fourth-order valence-electron chi connectivity index (χ4n) is 3.08. The number of rotatable bonds is 6. The molecule has 0 amide bonds. The highest BCUT2D eigenvalue weighted by molar-refractivity contribution is 7.89. The molecule has 0 spiro atoms. The summed E-state index contributed by atoms with van der Waals surface area (Å²) in [5, 5.41) is 4.16. The van der Waals surface area contributed by atoms with Crippen molar-refractivity contribution in [3.8, 4) is 0 Å². The number of halogens is 1. The van der Waals surface area contributed by atoms with Crippen LogP contribution in [0.4, 0.5) is 0 Å². The Kier molecular flexibility index (Phi) is 6.40. The number of aromatic nitrogens is 2. The smallest absolute Gasteiger partial charge is 0.243 e. The minimum atomic E-state index is -3.55. The van der Waals surface area contributed by atoms with Crippen molar-refractivity contribution in [1.82, 2.24) is 14.5 Å². The van der Waals surface area contributed by atoms with Gasteiger partial charge in [0.15, 0.2) is 0 Å². The van der Waals surface area contributed by atoms with Gasteiger partial charge in [0, 0.05) is 12.2 Å². The van der Waals surface area contributed by atoms with Crippen molar-refractivity contribution >= 4 is 22.4 Å². The van der Waals surface area contributed by atoms with E-state index in [0.29, 0.717) is 13.1 Å². The Balaban J connectivity index is 0.00000208. The van der Waals surface area contributed by atoms with E-state index in [2.05, 4.69) is 9.82 Å². The summed E-state index contributed by atoms with van der Waals surface area (Å²) < 4.78 is 29.4. The average molecular weight is 371 g/mol. The van der Waals surface area contributed by atoms with Crippen LogP contribution in [0.3, 0.4) is 0 Å². The molecule has 0 bridgehead atoms. The molecule has 1 fully saturated rings. The van der Waals surface area contributed by atoms with Crippen LogP contribution in [0.5, 0.6) is 0 Å². The van der Waals surface area contributed by atoms with E-state index in [1.807, 2.05) is 30.3 Å². The standard InChI is InChI=1S/C16H22N4O2S.ClH/c17-9-14-7-4-8-16(14)19-23(21,22)15-10-18-20(12-15)11-13-5-2-1-3-6-13;/h1-3,5-6,10,12,14,16,19H,4,7-9,11,17H2;1H. The molecule has 1 aromatic heterocycles. The average Bonchev–Trinajstić information content (AvgIpc) is 3.17. The Hall–Kier alpha value is -1.41. The summed E-state index contributed by atoms with van der Waals surface area (Å²) in [6.45, 7) is 1.06. The molecule has 6 nitrogen and oxygen atoms in total. The molecule has 2 unspecified atom stereocenters. The number of nitrogens with two attached hydrogens (primary N) is 1. The van der Waals surface area contributed by atoms with Crippen molar-refractivity contribution < 1.29 is 8.42 Å². The predicted molar refractivity (Wildman–Crippen MR) is 95.5 cm³/mol. The second-order valence-corrected chi connectivity index (χ2v) is 7.73. The van der Waals surface area contributed by atoms with Gasteiger partial charge in [-0.1, -0.05) is 36.8 Å². The number of sulfonamides is 1. The zero-order valence-electron chi connectivity index (χ0n) is 13.3. The number of hydrogen-bond donors (Lipinski definition) is 2. The molecule has 2 atom stereocenters. The van der Waals surface area contributed by atoms with E-state index in [9.17, 15) is 8.42 Å². The second kappa shape index (κ2) is 8.11. The molecule has 1 aliphatic carbocycles. The highest BCUT2D eigenvalue weighted by atomic mass is 35.5. The predicted octanol–water partition coefficient (Wildman–Crippen LogP) is 1.76. The van der Waals surface area contributed by atoms with E-state index in [1.54, 1.807) is 10.9 Å². The molecule has 3 N–H and O–H groups in total. The Labute approximate surface area is 148 Å². The van der Waals surface area contributed by atoms with Crippen molar-refractivity contribution in [2.75, 3.05) is 6.54 Å². The van der Waals surface area contributed by atoms with Crippen LogP contribution in [0.1, 0.15) is 24.8 Å². The first-order valence-electron chi connectivity index (χ1n) is 7.87. The second-order valence-electron chi connectivity index (χ2n) is 6.01. The minimum Gasteiger partial charge on any atom is -0.330 e. The SMILES string of the molecule is Cl.NCC1CCCC1NS(=O)(=O)c1cnn(Cc2ccccc2)c1. The topological polar surface area (TPSA) is 90.0 Å². The fourth-order valence-corrected chi connectivity index (χ4v) is 4.37. The molecule has 1 saturated carbocycles. The molecule has 8 heteroatoms. The largest absolute Gasteiger partial charge is 0.330 e. The molecule has 1 aromatic carbocycles. The lowest BCUT2D eigenvalue weighted by atomic mass is 10.1. The summed E-state index contributed by atoms with van der Waals surface area (Å²) in [5.74, 6) is 0.226. The van der Waals surface area contributed by atoms with Crippen LogP contribution in [0.2, 0.25) is 0 Å². The van der Waals surface area contributed by atoms with Gasteiger partial charge in [0.05, 0.1) is 12.7 Å². The lowest BCUT2D eigenvalue weighted by molar-refractivity contribution is 0.453. The summed E-state index contributed by atoms with van der Waals surface area (Å²) >= 11 is 0. The van der Waals surface area contributed by atoms with Gasteiger partial charge in [0.2, 0.25) is 10.0 Å². The Bertz CT molecular complexity index is 748. The lowest BCUT2D eigenvalue weighted by Crippen LogP contribution is -2.39. The van der Waals surface area contributed by atoms with Crippen molar-refractivity contribution in [1.29, 1.82) is 0 Å². The van der Waals surface area contributed by atoms with Crippen molar-refractivity contribution in [3.63, 3.8) is 0 Å². The molecule has 0 aliphatic heterocycles. The van der Waals surface area contributed by atoms with E-state index in [4.69, 9.17) is 5.73 Å². The van der Waals surface area contributed by atoms with E-state index in [0.717, 1.165) is 24.8 Å². The molecule has 0 saturated heterocycles. The quantitative estimate of drug-likeness (QED) is 0.810. The van der Waals surface area contributed by atoms with Gasteiger partial charge in [-0.05, 0) is 30.9 Å². The van der Waals surface area contributed by atoms with Gasteiger partial charge >= 0.3 is 0 Å². The maximum Gasteiger partial charge on any atom is 0.243 e. The molecule has 1 heterocycles. The number of nitrogens with one attached hydrogen (secondary N) is 1. The third-order valence-corrected chi connectivity index (χ3v) is 5.82. The lowest BCUT2D eigenvalue weighted by Gasteiger charge is -2.18. The van der Waals surface area contributed by atoms with Crippen LogP contribution in [0, 0.1) is 5.92 Å². The first kappa shape index (κ1) is 18.9. The molecule has 2 aromatic rings. The Morgan fingerprint density at radius 2 is 2.00 bits per heavy atom. The van der Waals surface area contributed by atoms with Gasteiger partial charge in [-0.2, -0.15) is 5.10 Å². The molecule has 24 heavy (non-hydrogen) atoms. The fraction of sp³-hybridized carbons (Fsp3) is 0.438. The summed E-state index contributed by atoms with van der Waals surface area (Å²) in [4.78, 5) is 0.205. The van der Waals surface area contributed by atoms with Gasteiger partial charge in [-0.25, -0.2) is 13.1 Å². The maximum absolute atomic E-state index is 12.5. The van der Waals surface area contributed by atoms with Gasteiger partial charge in [0.1, 0.15) is 4.90 Å². The van der Waals surface area contributed by atoms with Gasteiger partial charge in [0.25, 0.3) is 0 Å². The maximum atomic E-state index is 12.5. The summed E-state index contributed by atoms with van der Waals surface area (Å²) in [6.07, 6.45) is 5.82. The highest BCUT2D eigenvalue weighted by Gasteiger charge is 2.30. The molecule has 132 valence electrons. The van der Waals surface area contributed by atoms with Crippen LogP contribution in [-0.4, -0.2) is 30.8 Å². The molecular weight excluding hydrogens is 348 g/mol. The van der Waals surface area contributed by atoms with Crippen LogP contribution in [-0.2, 0) is 16.6 Å². The van der Waals surface area contributed by atoms with Gasteiger partial charge in [-0.3, -0.25) is 4.68 Å². The number of hydrogen-bond acceptors (Lipinski definition) is 4. The number of nitrogens with zero attached hydrogens (tertiary/aromatic N) is 2. The molecular formula is C16H23ClN4O2S. The molecule has 3 rings (SSSR count). The Morgan fingerprint density at radius 1 is 1.25 bits per heavy atom. The van der Waals surface area contributed by atoms with Gasteiger partial charge in [-0.15, -0.1) is 12.4 Å². The van der Waals surface area contributed by atoms with Crippen LogP contribution in [0.15, 0.2) is 47.6 Å². The van der Waals surface area contributed by atoms with Crippen LogP contribution < -0.4 is 10.5 Å². The zero-order valence-corrected chi connectivity index (χ0v) is 15.0. The van der Waals surface area contributed by atoms with Gasteiger partial charge < -0.3 is 5.73 Å². The van der Waals surface area contributed by atoms with E-state index in [1.165, 1.54) is 6.20 Å². The zero-order chi connectivity index (χ0) is 16.3. The van der Waals surface area contributed by atoms with Crippen molar-refractivity contribution in [2.24, 2.45) is 11.7 Å². The summed E-state index contributed by atoms with van der Waals surface area (Å²) in [5.41, 5.74) is 6.80. The molecule has 1 aliphatic rings. The van der Waals surface area contributed by atoms with Crippen LogP contribution >= 0.6 is 12.4 Å². The first-order chi connectivity index (χ1) is 11.1. The third-order valence-electron chi connectivity index (χ3n) is 4.38. The van der Waals surface area contributed by atoms with E-state index >= 15 is 0 Å².